The minimum atomic E-state index is -0.491. The second-order valence-electron chi connectivity index (χ2n) is 7.74. The number of aryl methyl sites for hydroxylation is 2. The molecule has 1 aliphatic heterocycles. The van der Waals surface area contributed by atoms with Crippen LogP contribution in [0, 0.1) is 13.8 Å². The third-order valence-electron chi connectivity index (χ3n) is 5.86. The minimum Gasteiger partial charge on any atom is -0.481 e. The molecule has 4 nitrogen and oxygen atoms in total. The summed E-state index contributed by atoms with van der Waals surface area (Å²) in [5.74, 6) is 0.691. The smallest absolute Gasteiger partial charge is 0.261 e. The van der Waals surface area contributed by atoms with E-state index in [0.29, 0.717) is 13.0 Å². The number of hydrogen-bond acceptors (Lipinski definition) is 3. The summed E-state index contributed by atoms with van der Waals surface area (Å²) in [5.41, 5.74) is 3.57. The van der Waals surface area contributed by atoms with Gasteiger partial charge < -0.3 is 14.8 Å². The van der Waals surface area contributed by atoms with Gasteiger partial charge in [-0.1, -0.05) is 43.3 Å². The van der Waals surface area contributed by atoms with Crippen LogP contribution in [0.25, 0.3) is 0 Å². The third-order valence-corrected chi connectivity index (χ3v) is 5.86. The SMILES string of the molecule is CC[C@H](Oc1ccc(C)c(C)c1)C(=O)NCC1(c2ccccc2)CCOCC1. The largest absolute Gasteiger partial charge is 0.481 e. The molecule has 0 unspecified atom stereocenters. The van der Waals surface area contributed by atoms with Crippen LogP contribution >= 0.6 is 0 Å². The Morgan fingerprint density at radius 2 is 1.82 bits per heavy atom. The average molecular weight is 382 g/mol. The zero-order chi connectivity index (χ0) is 20.0. The van der Waals surface area contributed by atoms with E-state index in [0.717, 1.165) is 37.4 Å². The molecule has 150 valence electrons. The van der Waals surface area contributed by atoms with E-state index in [1.807, 2.05) is 31.2 Å². The lowest BCUT2D eigenvalue weighted by molar-refractivity contribution is -0.128. The van der Waals surface area contributed by atoms with E-state index in [2.05, 4.69) is 43.4 Å². The van der Waals surface area contributed by atoms with Gasteiger partial charge in [0.15, 0.2) is 6.10 Å². The fourth-order valence-electron chi connectivity index (χ4n) is 3.77. The van der Waals surface area contributed by atoms with Crippen molar-refractivity contribution >= 4 is 5.91 Å². The highest BCUT2D eigenvalue weighted by Crippen LogP contribution is 2.34. The lowest BCUT2D eigenvalue weighted by atomic mass is 9.74. The van der Waals surface area contributed by atoms with Gasteiger partial charge in [0.2, 0.25) is 0 Å². The third kappa shape index (κ3) is 4.74. The molecule has 1 N–H and O–H groups in total. The number of carbonyl (C=O) groups excluding carboxylic acids is 1. The van der Waals surface area contributed by atoms with Gasteiger partial charge in [-0.3, -0.25) is 4.79 Å². The zero-order valence-corrected chi connectivity index (χ0v) is 17.2. The molecule has 1 amide bonds. The molecule has 1 saturated heterocycles. The van der Waals surface area contributed by atoms with Gasteiger partial charge in [0.05, 0.1) is 0 Å². The van der Waals surface area contributed by atoms with Crippen molar-refractivity contribution in [2.75, 3.05) is 19.8 Å². The second kappa shape index (κ2) is 9.24. The molecule has 1 heterocycles. The predicted molar refractivity (Wildman–Crippen MR) is 112 cm³/mol. The van der Waals surface area contributed by atoms with Crippen LogP contribution in [0.1, 0.15) is 42.9 Å². The van der Waals surface area contributed by atoms with Gasteiger partial charge >= 0.3 is 0 Å². The summed E-state index contributed by atoms with van der Waals surface area (Å²) in [7, 11) is 0. The van der Waals surface area contributed by atoms with Crippen molar-refractivity contribution in [3.05, 3.63) is 65.2 Å². The molecule has 0 aliphatic carbocycles. The molecule has 0 aromatic heterocycles. The Bertz CT molecular complexity index is 782. The van der Waals surface area contributed by atoms with E-state index in [1.54, 1.807) is 0 Å². The van der Waals surface area contributed by atoms with Crippen molar-refractivity contribution in [3.63, 3.8) is 0 Å². The quantitative estimate of drug-likeness (QED) is 0.777. The first kappa shape index (κ1) is 20.4. The fraction of sp³-hybridized carbons (Fsp3) is 0.458. The van der Waals surface area contributed by atoms with E-state index in [-0.39, 0.29) is 11.3 Å². The Kier molecular flexibility index (Phi) is 6.74. The van der Waals surface area contributed by atoms with E-state index >= 15 is 0 Å². The Morgan fingerprint density at radius 1 is 1.11 bits per heavy atom. The van der Waals surface area contributed by atoms with Crippen LogP contribution in [0.2, 0.25) is 0 Å². The Labute approximate surface area is 168 Å². The van der Waals surface area contributed by atoms with Gasteiger partial charge in [0.1, 0.15) is 5.75 Å². The van der Waals surface area contributed by atoms with Gasteiger partial charge in [-0.25, -0.2) is 0 Å². The Morgan fingerprint density at radius 3 is 2.46 bits per heavy atom. The molecule has 2 aromatic rings. The maximum atomic E-state index is 12.9. The lowest BCUT2D eigenvalue weighted by Gasteiger charge is -2.38. The first-order valence-corrected chi connectivity index (χ1v) is 10.2. The first-order valence-electron chi connectivity index (χ1n) is 10.2. The number of amides is 1. The van der Waals surface area contributed by atoms with E-state index in [4.69, 9.17) is 9.47 Å². The summed E-state index contributed by atoms with van der Waals surface area (Å²) in [6.07, 6.45) is 1.95. The maximum absolute atomic E-state index is 12.9. The number of rotatable bonds is 7. The second-order valence-corrected chi connectivity index (χ2v) is 7.74. The number of hydrogen-bond donors (Lipinski definition) is 1. The van der Waals surface area contributed by atoms with Gasteiger partial charge in [-0.2, -0.15) is 0 Å². The summed E-state index contributed by atoms with van der Waals surface area (Å²) in [4.78, 5) is 12.9. The molecule has 0 bridgehead atoms. The van der Waals surface area contributed by atoms with Crippen molar-refractivity contribution in [3.8, 4) is 5.75 Å². The van der Waals surface area contributed by atoms with Gasteiger partial charge in [0.25, 0.3) is 5.91 Å². The van der Waals surface area contributed by atoms with Crippen molar-refractivity contribution in [2.45, 2.75) is 51.6 Å². The Balaban J connectivity index is 1.68. The number of ether oxygens (including phenoxy) is 2. The highest BCUT2D eigenvalue weighted by molar-refractivity contribution is 5.81. The standard InChI is InChI=1S/C24H31NO3/c1-4-22(28-21-11-10-18(2)19(3)16-21)23(26)25-17-24(12-14-27-15-13-24)20-8-6-5-7-9-20/h5-11,16,22H,4,12-15,17H2,1-3H3,(H,25,26)/t22-/m0/s1. The zero-order valence-electron chi connectivity index (χ0n) is 17.2. The lowest BCUT2D eigenvalue weighted by Crippen LogP contribution is -2.48. The van der Waals surface area contributed by atoms with Crippen molar-refractivity contribution in [2.24, 2.45) is 0 Å². The molecule has 1 fully saturated rings. The van der Waals surface area contributed by atoms with Crippen LogP contribution in [-0.4, -0.2) is 31.8 Å². The average Bonchev–Trinajstić information content (AvgIpc) is 2.74. The fourth-order valence-corrected chi connectivity index (χ4v) is 3.77. The Hall–Kier alpha value is -2.33. The number of nitrogens with one attached hydrogen (secondary N) is 1. The molecule has 1 atom stereocenters. The molecule has 3 rings (SSSR count). The van der Waals surface area contributed by atoms with Crippen LogP contribution in [0.4, 0.5) is 0 Å². The molecule has 28 heavy (non-hydrogen) atoms. The van der Waals surface area contributed by atoms with Gasteiger partial charge in [-0.05, 0) is 61.9 Å². The van der Waals surface area contributed by atoms with Crippen LogP contribution in [0.5, 0.6) is 5.75 Å². The molecule has 1 aliphatic rings. The number of benzene rings is 2. The highest BCUT2D eigenvalue weighted by Gasteiger charge is 2.35. The predicted octanol–water partition coefficient (Wildman–Crippen LogP) is 4.33. The van der Waals surface area contributed by atoms with E-state index < -0.39 is 6.10 Å². The summed E-state index contributed by atoms with van der Waals surface area (Å²) in [6.45, 7) is 8.15. The van der Waals surface area contributed by atoms with E-state index in [1.165, 1.54) is 11.1 Å². The molecular formula is C24H31NO3. The molecule has 4 heteroatoms. The van der Waals surface area contributed by atoms with Crippen molar-refractivity contribution < 1.29 is 14.3 Å². The minimum absolute atomic E-state index is 0.0532. The molecule has 2 aromatic carbocycles. The molecule has 0 spiro atoms. The van der Waals surface area contributed by atoms with Gasteiger partial charge in [0, 0.05) is 25.2 Å². The highest BCUT2D eigenvalue weighted by atomic mass is 16.5. The normalized spacial score (nSPS) is 17.0. The van der Waals surface area contributed by atoms with Crippen LogP contribution in [0.15, 0.2) is 48.5 Å². The topological polar surface area (TPSA) is 47.6 Å². The molecule has 0 saturated carbocycles. The summed E-state index contributed by atoms with van der Waals surface area (Å²) >= 11 is 0. The summed E-state index contributed by atoms with van der Waals surface area (Å²) in [6, 6.07) is 16.4. The monoisotopic (exact) mass is 381 g/mol. The number of carbonyl (C=O) groups is 1. The van der Waals surface area contributed by atoms with Crippen molar-refractivity contribution in [1.82, 2.24) is 5.32 Å². The van der Waals surface area contributed by atoms with Gasteiger partial charge in [-0.15, -0.1) is 0 Å². The summed E-state index contributed by atoms with van der Waals surface area (Å²) in [5, 5.41) is 3.17. The van der Waals surface area contributed by atoms with Crippen LogP contribution in [-0.2, 0) is 14.9 Å². The molecular weight excluding hydrogens is 350 g/mol. The maximum Gasteiger partial charge on any atom is 0.261 e. The first-order chi connectivity index (χ1) is 13.5. The van der Waals surface area contributed by atoms with Crippen LogP contribution < -0.4 is 10.1 Å². The van der Waals surface area contributed by atoms with Crippen molar-refractivity contribution in [1.29, 1.82) is 0 Å². The van der Waals surface area contributed by atoms with E-state index in [9.17, 15) is 4.79 Å². The molecule has 0 radical (unpaired) electrons. The van der Waals surface area contributed by atoms with Crippen LogP contribution in [0.3, 0.4) is 0 Å². The summed E-state index contributed by atoms with van der Waals surface area (Å²) < 4.78 is 11.6.